The minimum Gasteiger partial charge on any atom is -0.399 e. The molecule has 0 fully saturated rings. The van der Waals surface area contributed by atoms with Gasteiger partial charge in [0.25, 0.3) is 0 Å². The number of thioether (sulfide) groups is 1. The quantitative estimate of drug-likeness (QED) is 0.565. The molecular weight excluding hydrogens is 258 g/mol. The Labute approximate surface area is 115 Å². The lowest BCUT2D eigenvalue weighted by Crippen LogP contribution is -2.01. The molecule has 0 saturated heterocycles. The summed E-state index contributed by atoms with van der Waals surface area (Å²) in [4.78, 5) is 12.0. The SMILES string of the molecule is Cc1nccn1CCSc1nc2ccc(N)cc2[nH]1. The number of nitrogens with one attached hydrogen (secondary N) is 1. The normalized spacial score (nSPS) is 11.2. The first-order chi connectivity index (χ1) is 9.22. The van der Waals surface area contributed by atoms with E-state index in [4.69, 9.17) is 5.73 Å². The third-order valence-electron chi connectivity index (χ3n) is 2.98. The van der Waals surface area contributed by atoms with E-state index in [9.17, 15) is 0 Å². The highest BCUT2D eigenvalue weighted by molar-refractivity contribution is 7.99. The van der Waals surface area contributed by atoms with E-state index < -0.39 is 0 Å². The summed E-state index contributed by atoms with van der Waals surface area (Å²) in [7, 11) is 0. The summed E-state index contributed by atoms with van der Waals surface area (Å²) in [5.41, 5.74) is 8.44. The zero-order chi connectivity index (χ0) is 13.2. The van der Waals surface area contributed by atoms with Gasteiger partial charge in [-0.1, -0.05) is 11.8 Å². The van der Waals surface area contributed by atoms with Crippen LogP contribution in [0.15, 0.2) is 35.7 Å². The van der Waals surface area contributed by atoms with Crippen LogP contribution in [0.25, 0.3) is 11.0 Å². The number of imidazole rings is 2. The Hall–Kier alpha value is -1.95. The molecule has 0 saturated carbocycles. The van der Waals surface area contributed by atoms with Gasteiger partial charge in [0.1, 0.15) is 5.82 Å². The number of aromatic amines is 1. The lowest BCUT2D eigenvalue weighted by molar-refractivity contribution is 0.737. The molecule has 0 aliphatic rings. The zero-order valence-electron chi connectivity index (χ0n) is 10.6. The van der Waals surface area contributed by atoms with Crippen LogP contribution in [0.5, 0.6) is 0 Å². The predicted molar refractivity (Wildman–Crippen MR) is 78.2 cm³/mol. The van der Waals surface area contributed by atoms with Crippen LogP contribution in [0.1, 0.15) is 5.82 Å². The monoisotopic (exact) mass is 273 g/mol. The van der Waals surface area contributed by atoms with Crippen molar-refractivity contribution < 1.29 is 0 Å². The molecule has 19 heavy (non-hydrogen) atoms. The number of nitrogens with two attached hydrogens (primary N) is 1. The van der Waals surface area contributed by atoms with Gasteiger partial charge in [-0.15, -0.1) is 0 Å². The number of aryl methyl sites for hydroxylation is 2. The zero-order valence-corrected chi connectivity index (χ0v) is 11.4. The molecule has 0 unspecified atom stereocenters. The first-order valence-electron chi connectivity index (χ1n) is 6.08. The molecule has 3 rings (SSSR count). The Balaban J connectivity index is 1.67. The summed E-state index contributed by atoms with van der Waals surface area (Å²) in [5, 5.41) is 0.929. The second-order valence-corrected chi connectivity index (χ2v) is 5.42. The fourth-order valence-electron chi connectivity index (χ4n) is 1.95. The Kier molecular flexibility index (Phi) is 3.16. The fraction of sp³-hybridized carbons (Fsp3) is 0.231. The van der Waals surface area contributed by atoms with Crippen LogP contribution < -0.4 is 5.73 Å². The molecule has 2 aromatic heterocycles. The van der Waals surface area contributed by atoms with Gasteiger partial charge in [-0.05, 0) is 25.1 Å². The highest BCUT2D eigenvalue weighted by atomic mass is 32.2. The van der Waals surface area contributed by atoms with Crippen molar-refractivity contribution in [2.45, 2.75) is 18.6 Å². The van der Waals surface area contributed by atoms with Crippen molar-refractivity contribution in [2.24, 2.45) is 0 Å². The average molecular weight is 273 g/mol. The van der Waals surface area contributed by atoms with Crippen LogP contribution in [-0.2, 0) is 6.54 Å². The molecule has 2 heterocycles. The molecule has 1 aromatic carbocycles. The van der Waals surface area contributed by atoms with Gasteiger partial charge in [-0.2, -0.15) is 0 Å². The topological polar surface area (TPSA) is 72.5 Å². The minimum absolute atomic E-state index is 0.752. The Morgan fingerprint density at radius 3 is 3.11 bits per heavy atom. The summed E-state index contributed by atoms with van der Waals surface area (Å²) in [5.74, 6) is 1.99. The van der Waals surface area contributed by atoms with Crippen LogP contribution >= 0.6 is 11.8 Å². The number of hydrogen-bond donors (Lipinski definition) is 2. The summed E-state index contributed by atoms with van der Waals surface area (Å²) < 4.78 is 2.13. The van der Waals surface area contributed by atoms with E-state index in [0.29, 0.717) is 0 Å². The van der Waals surface area contributed by atoms with Crippen LogP contribution in [0.3, 0.4) is 0 Å². The third kappa shape index (κ3) is 2.58. The van der Waals surface area contributed by atoms with E-state index in [0.717, 1.165) is 40.0 Å². The number of H-pyrrole nitrogens is 1. The maximum atomic E-state index is 5.75. The lowest BCUT2D eigenvalue weighted by Gasteiger charge is -2.02. The molecule has 0 bridgehead atoms. The van der Waals surface area contributed by atoms with Crippen LogP contribution in [0, 0.1) is 6.92 Å². The van der Waals surface area contributed by atoms with E-state index in [1.165, 1.54) is 0 Å². The predicted octanol–water partition coefficient (Wildman–Crippen LogP) is 2.44. The average Bonchev–Trinajstić information content (AvgIpc) is 2.95. The van der Waals surface area contributed by atoms with Crippen molar-refractivity contribution in [1.82, 2.24) is 19.5 Å². The number of nitrogen functional groups attached to an aromatic ring is 1. The number of aromatic nitrogens is 4. The number of anilines is 1. The lowest BCUT2D eigenvalue weighted by atomic mass is 10.3. The van der Waals surface area contributed by atoms with Crippen LogP contribution in [0.4, 0.5) is 5.69 Å². The first-order valence-corrected chi connectivity index (χ1v) is 7.07. The molecule has 0 atom stereocenters. The fourth-order valence-corrected chi connectivity index (χ4v) is 2.78. The number of hydrogen-bond acceptors (Lipinski definition) is 4. The first kappa shape index (κ1) is 12.1. The van der Waals surface area contributed by atoms with E-state index >= 15 is 0 Å². The van der Waals surface area contributed by atoms with Gasteiger partial charge in [-0.3, -0.25) is 0 Å². The second-order valence-electron chi connectivity index (χ2n) is 4.33. The molecule has 0 radical (unpaired) electrons. The molecule has 98 valence electrons. The Bertz CT molecular complexity index is 700. The number of nitrogens with zero attached hydrogens (tertiary/aromatic N) is 3. The number of fused-ring (bicyclic) bond motifs is 1. The van der Waals surface area contributed by atoms with Crippen molar-refractivity contribution in [3.05, 3.63) is 36.4 Å². The van der Waals surface area contributed by atoms with E-state index in [1.807, 2.05) is 37.5 Å². The van der Waals surface area contributed by atoms with Crippen molar-refractivity contribution in [1.29, 1.82) is 0 Å². The molecule has 5 nitrogen and oxygen atoms in total. The maximum Gasteiger partial charge on any atom is 0.166 e. The van der Waals surface area contributed by atoms with Crippen molar-refractivity contribution in [3.63, 3.8) is 0 Å². The van der Waals surface area contributed by atoms with Gasteiger partial charge in [-0.25, -0.2) is 9.97 Å². The van der Waals surface area contributed by atoms with Gasteiger partial charge in [0.15, 0.2) is 5.16 Å². The Morgan fingerprint density at radius 2 is 2.32 bits per heavy atom. The second kappa shape index (κ2) is 4.97. The summed E-state index contributed by atoms with van der Waals surface area (Å²) >= 11 is 1.70. The van der Waals surface area contributed by atoms with Gasteiger partial charge >= 0.3 is 0 Å². The summed E-state index contributed by atoms with van der Waals surface area (Å²) in [6.07, 6.45) is 3.82. The molecule has 0 spiro atoms. The summed E-state index contributed by atoms with van der Waals surface area (Å²) in [6.45, 7) is 2.93. The molecule has 0 aliphatic heterocycles. The molecular formula is C13H15N5S. The van der Waals surface area contributed by atoms with Crippen molar-refractivity contribution >= 4 is 28.5 Å². The minimum atomic E-state index is 0.752. The van der Waals surface area contributed by atoms with Gasteiger partial charge < -0.3 is 15.3 Å². The Morgan fingerprint density at radius 1 is 1.42 bits per heavy atom. The highest BCUT2D eigenvalue weighted by Gasteiger charge is 2.04. The third-order valence-corrected chi connectivity index (χ3v) is 3.83. The number of rotatable bonds is 4. The summed E-state index contributed by atoms with van der Waals surface area (Å²) in [6, 6.07) is 5.71. The van der Waals surface area contributed by atoms with Crippen molar-refractivity contribution in [3.8, 4) is 0 Å². The molecule has 0 aliphatic carbocycles. The van der Waals surface area contributed by atoms with Gasteiger partial charge in [0, 0.05) is 30.4 Å². The molecule has 3 N–H and O–H groups in total. The van der Waals surface area contributed by atoms with Gasteiger partial charge in [0.2, 0.25) is 0 Å². The van der Waals surface area contributed by atoms with Crippen LogP contribution in [0.2, 0.25) is 0 Å². The highest BCUT2D eigenvalue weighted by Crippen LogP contribution is 2.21. The molecule has 0 amide bonds. The largest absolute Gasteiger partial charge is 0.399 e. The maximum absolute atomic E-state index is 5.75. The van der Waals surface area contributed by atoms with Crippen LogP contribution in [-0.4, -0.2) is 25.3 Å². The molecule has 6 heteroatoms. The van der Waals surface area contributed by atoms with E-state index in [1.54, 1.807) is 11.8 Å². The standard InChI is InChI=1S/C13H15N5S/c1-9-15-4-5-18(9)6-7-19-13-16-11-3-2-10(14)8-12(11)17-13/h2-5,8H,6-7,14H2,1H3,(H,16,17). The van der Waals surface area contributed by atoms with E-state index in [-0.39, 0.29) is 0 Å². The van der Waals surface area contributed by atoms with Gasteiger partial charge in [0.05, 0.1) is 11.0 Å². The van der Waals surface area contributed by atoms with E-state index in [2.05, 4.69) is 19.5 Å². The smallest absolute Gasteiger partial charge is 0.166 e. The number of benzene rings is 1. The molecule has 3 aromatic rings. The van der Waals surface area contributed by atoms with Crippen molar-refractivity contribution in [2.75, 3.05) is 11.5 Å².